The average Bonchev–Trinajstić information content (AvgIpc) is 2.47. The Morgan fingerprint density at radius 3 is 2.46 bits per heavy atom. The number of amides is 1. The number of halogens is 1. The second-order valence-corrected chi connectivity index (χ2v) is 8.22. The van der Waals surface area contributed by atoms with Crippen molar-refractivity contribution >= 4 is 28.5 Å². The first-order valence-corrected chi connectivity index (χ1v) is 8.57. The molecule has 0 spiro atoms. The maximum absolute atomic E-state index is 12.6. The third kappa shape index (κ3) is 3.09. The zero-order valence-electron chi connectivity index (χ0n) is 15.4. The van der Waals surface area contributed by atoms with Gasteiger partial charge in [0.2, 0.25) is 0 Å². The molecule has 0 atom stereocenters. The van der Waals surface area contributed by atoms with Crippen LogP contribution in [0.25, 0.3) is 10.8 Å². The SMILES string of the molecule is Cn1nc(Cl)c2cn(C3(C)CN(C(=O)OC(C)(C)C)C3)c(=O)cc2c1=O. The van der Waals surface area contributed by atoms with Gasteiger partial charge in [-0.3, -0.25) is 9.59 Å². The van der Waals surface area contributed by atoms with Crippen LogP contribution in [0, 0.1) is 0 Å². The van der Waals surface area contributed by atoms with Gasteiger partial charge in [0.05, 0.1) is 10.9 Å². The van der Waals surface area contributed by atoms with Crippen LogP contribution in [-0.4, -0.2) is 44.0 Å². The number of carbonyl (C=O) groups is 1. The Morgan fingerprint density at radius 2 is 1.88 bits per heavy atom. The molecule has 1 fully saturated rings. The fourth-order valence-corrected chi connectivity index (χ4v) is 3.35. The zero-order valence-corrected chi connectivity index (χ0v) is 16.1. The molecule has 3 heterocycles. The van der Waals surface area contributed by atoms with Gasteiger partial charge in [-0.2, -0.15) is 5.10 Å². The molecule has 9 heteroatoms. The largest absolute Gasteiger partial charge is 0.444 e. The number of hydrogen-bond donors (Lipinski definition) is 0. The van der Waals surface area contributed by atoms with Crippen molar-refractivity contribution in [3.8, 4) is 0 Å². The van der Waals surface area contributed by atoms with E-state index >= 15 is 0 Å². The van der Waals surface area contributed by atoms with Gasteiger partial charge in [0.15, 0.2) is 5.15 Å². The van der Waals surface area contributed by atoms with E-state index in [9.17, 15) is 14.4 Å². The van der Waals surface area contributed by atoms with E-state index in [0.717, 1.165) is 4.68 Å². The van der Waals surface area contributed by atoms with E-state index in [-0.39, 0.29) is 21.7 Å². The number of hydrogen-bond acceptors (Lipinski definition) is 5. The van der Waals surface area contributed by atoms with E-state index in [4.69, 9.17) is 16.3 Å². The third-order valence-electron chi connectivity index (χ3n) is 4.33. The lowest BCUT2D eigenvalue weighted by atomic mass is 9.92. The number of aryl methyl sites for hydroxylation is 1. The molecule has 2 aromatic heterocycles. The average molecular weight is 381 g/mol. The molecular weight excluding hydrogens is 360 g/mol. The van der Waals surface area contributed by atoms with E-state index < -0.39 is 17.2 Å². The van der Waals surface area contributed by atoms with Crippen LogP contribution in [0.2, 0.25) is 5.15 Å². The van der Waals surface area contributed by atoms with E-state index in [1.165, 1.54) is 22.6 Å². The summed E-state index contributed by atoms with van der Waals surface area (Å²) >= 11 is 6.15. The normalized spacial score (nSPS) is 16.5. The number of nitrogens with zero attached hydrogens (tertiary/aromatic N) is 4. The zero-order chi connectivity index (χ0) is 19.4. The first-order chi connectivity index (χ1) is 11.9. The molecule has 1 aliphatic rings. The van der Waals surface area contributed by atoms with Crippen LogP contribution in [0.1, 0.15) is 27.7 Å². The summed E-state index contributed by atoms with van der Waals surface area (Å²) in [6, 6.07) is 1.27. The van der Waals surface area contributed by atoms with Crippen LogP contribution in [0.4, 0.5) is 4.79 Å². The predicted octanol–water partition coefficient (Wildman–Crippen LogP) is 1.71. The molecule has 2 aromatic rings. The van der Waals surface area contributed by atoms with Crippen LogP contribution in [0.15, 0.2) is 21.9 Å². The van der Waals surface area contributed by atoms with Crippen molar-refractivity contribution in [1.29, 1.82) is 0 Å². The molecular formula is C17H21ClN4O4. The summed E-state index contributed by atoms with van der Waals surface area (Å²) in [5.74, 6) is 0. The van der Waals surface area contributed by atoms with Crippen LogP contribution in [-0.2, 0) is 17.3 Å². The Labute approximate surface area is 154 Å². The van der Waals surface area contributed by atoms with Gasteiger partial charge in [-0.25, -0.2) is 9.48 Å². The van der Waals surface area contributed by atoms with Crippen molar-refractivity contribution in [2.24, 2.45) is 7.05 Å². The molecule has 0 aromatic carbocycles. The Bertz CT molecular complexity index is 1010. The molecule has 0 radical (unpaired) electrons. The molecule has 0 bridgehead atoms. The van der Waals surface area contributed by atoms with Gasteiger partial charge in [-0.1, -0.05) is 11.6 Å². The van der Waals surface area contributed by atoms with Crippen LogP contribution < -0.4 is 11.1 Å². The second-order valence-electron chi connectivity index (χ2n) is 7.86. The van der Waals surface area contributed by atoms with E-state index in [0.29, 0.717) is 18.5 Å². The Morgan fingerprint density at radius 1 is 1.27 bits per heavy atom. The van der Waals surface area contributed by atoms with Gasteiger partial charge in [-0.15, -0.1) is 0 Å². The van der Waals surface area contributed by atoms with Crippen LogP contribution >= 0.6 is 11.6 Å². The molecule has 8 nitrogen and oxygen atoms in total. The molecule has 26 heavy (non-hydrogen) atoms. The number of ether oxygens (including phenoxy) is 1. The van der Waals surface area contributed by atoms with Crippen molar-refractivity contribution in [2.45, 2.75) is 38.8 Å². The molecule has 0 aliphatic carbocycles. The minimum absolute atomic E-state index is 0.141. The summed E-state index contributed by atoms with van der Waals surface area (Å²) in [4.78, 5) is 38.4. The molecule has 3 rings (SSSR count). The number of aromatic nitrogens is 3. The molecule has 0 N–H and O–H groups in total. The predicted molar refractivity (Wildman–Crippen MR) is 97.7 cm³/mol. The van der Waals surface area contributed by atoms with E-state index in [2.05, 4.69) is 5.10 Å². The molecule has 1 amide bonds. The number of fused-ring (bicyclic) bond motifs is 1. The lowest BCUT2D eigenvalue weighted by molar-refractivity contribution is -0.0239. The van der Waals surface area contributed by atoms with Crippen LogP contribution in [0.5, 0.6) is 0 Å². The van der Waals surface area contributed by atoms with Gasteiger partial charge < -0.3 is 14.2 Å². The van der Waals surface area contributed by atoms with Crippen molar-refractivity contribution in [3.05, 3.63) is 38.1 Å². The number of carbonyl (C=O) groups excluding carboxylic acids is 1. The monoisotopic (exact) mass is 380 g/mol. The van der Waals surface area contributed by atoms with Crippen molar-refractivity contribution < 1.29 is 9.53 Å². The topological polar surface area (TPSA) is 86.4 Å². The lowest BCUT2D eigenvalue weighted by Crippen LogP contribution is -2.65. The molecule has 0 unspecified atom stereocenters. The van der Waals surface area contributed by atoms with Crippen molar-refractivity contribution in [1.82, 2.24) is 19.2 Å². The summed E-state index contributed by atoms with van der Waals surface area (Å²) in [6.45, 7) is 7.91. The van der Waals surface area contributed by atoms with E-state index in [1.807, 2.05) is 6.92 Å². The summed E-state index contributed by atoms with van der Waals surface area (Å²) in [7, 11) is 1.48. The van der Waals surface area contributed by atoms with Crippen molar-refractivity contribution in [2.75, 3.05) is 13.1 Å². The first-order valence-electron chi connectivity index (χ1n) is 8.19. The van der Waals surface area contributed by atoms with Gasteiger partial charge in [0, 0.05) is 37.8 Å². The highest BCUT2D eigenvalue weighted by Gasteiger charge is 2.45. The van der Waals surface area contributed by atoms with Gasteiger partial charge >= 0.3 is 6.09 Å². The third-order valence-corrected chi connectivity index (χ3v) is 4.61. The number of rotatable bonds is 1. The molecule has 0 saturated carbocycles. The Kier molecular flexibility index (Phi) is 4.14. The fraction of sp³-hybridized carbons (Fsp3) is 0.529. The Hall–Kier alpha value is -2.35. The highest BCUT2D eigenvalue weighted by Crippen LogP contribution is 2.30. The molecule has 1 aliphatic heterocycles. The van der Waals surface area contributed by atoms with Gasteiger partial charge in [0.1, 0.15) is 5.60 Å². The van der Waals surface area contributed by atoms with Crippen LogP contribution in [0.3, 0.4) is 0 Å². The van der Waals surface area contributed by atoms with E-state index in [1.54, 1.807) is 27.0 Å². The fourth-order valence-electron chi connectivity index (χ4n) is 3.09. The summed E-state index contributed by atoms with van der Waals surface area (Å²) in [6.07, 6.45) is 1.12. The summed E-state index contributed by atoms with van der Waals surface area (Å²) in [5, 5.41) is 4.72. The lowest BCUT2D eigenvalue weighted by Gasteiger charge is -2.48. The summed E-state index contributed by atoms with van der Waals surface area (Å²) < 4.78 is 7.95. The smallest absolute Gasteiger partial charge is 0.410 e. The second kappa shape index (κ2) is 5.84. The van der Waals surface area contributed by atoms with Gasteiger partial charge in [-0.05, 0) is 27.7 Å². The number of likely N-dealkylation sites (tertiary alicyclic amines) is 1. The molecule has 1 saturated heterocycles. The number of pyridine rings is 1. The summed E-state index contributed by atoms with van der Waals surface area (Å²) in [5.41, 5.74) is -1.90. The quantitative estimate of drug-likeness (QED) is 0.751. The highest BCUT2D eigenvalue weighted by molar-refractivity contribution is 6.34. The maximum atomic E-state index is 12.6. The van der Waals surface area contributed by atoms with Crippen molar-refractivity contribution in [3.63, 3.8) is 0 Å². The first kappa shape index (κ1) is 18.4. The standard InChI is InChI=1S/C17H21ClN4O4/c1-16(2,3)26-15(25)21-8-17(4,9-21)22-7-11-10(6-12(22)23)14(24)20(5)19-13(11)18/h6-7H,8-9H2,1-5H3. The molecule has 140 valence electrons. The van der Waals surface area contributed by atoms with Gasteiger partial charge in [0.25, 0.3) is 11.1 Å². The minimum atomic E-state index is -0.605. The Balaban J connectivity index is 1.95. The highest BCUT2D eigenvalue weighted by atomic mass is 35.5. The minimum Gasteiger partial charge on any atom is -0.444 e. The maximum Gasteiger partial charge on any atom is 0.410 e.